The molecule has 1 saturated heterocycles. The van der Waals surface area contributed by atoms with Crippen LogP contribution < -0.4 is 14.4 Å². The molecule has 0 aromatic heterocycles. The van der Waals surface area contributed by atoms with Gasteiger partial charge in [0, 0.05) is 32.7 Å². The molecule has 0 spiro atoms. The Labute approximate surface area is 158 Å². The summed E-state index contributed by atoms with van der Waals surface area (Å²) in [4.78, 5) is 16.1. The molecule has 2 aromatic rings. The van der Waals surface area contributed by atoms with Crippen molar-refractivity contribution in [1.29, 1.82) is 0 Å². The predicted octanol–water partition coefficient (Wildman–Crippen LogP) is 2.74. The van der Waals surface area contributed by atoms with E-state index in [-0.39, 0.29) is 6.10 Å². The SMILES string of the molecule is O=C(O)c1ccccc1N1CCCN(CC2COc3ccccc3O2)CC1. The topological polar surface area (TPSA) is 62.2 Å². The number of carboxylic acids is 1. The first-order valence-electron chi connectivity index (χ1n) is 9.39. The number of ether oxygens (including phenoxy) is 2. The lowest BCUT2D eigenvalue weighted by Gasteiger charge is -2.31. The molecule has 6 nitrogen and oxygen atoms in total. The number of rotatable bonds is 4. The molecule has 27 heavy (non-hydrogen) atoms. The Hall–Kier alpha value is -2.73. The van der Waals surface area contributed by atoms with Gasteiger partial charge in [0.1, 0.15) is 12.7 Å². The van der Waals surface area contributed by atoms with Crippen LogP contribution in [-0.2, 0) is 0 Å². The fraction of sp³-hybridized carbons (Fsp3) is 0.381. The summed E-state index contributed by atoms with van der Waals surface area (Å²) in [5, 5.41) is 9.45. The lowest BCUT2D eigenvalue weighted by Crippen LogP contribution is -2.42. The van der Waals surface area contributed by atoms with Crippen molar-refractivity contribution in [3.05, 3.63) is 54.1 Å². The van der Waals surface area contributed by atoms with Gasteiger partial charge in [-0.1, -0.05) is 24.3 Å². The molecule has 2 aliphatic rings. The van der Waals surface area contributed by atoms with Crippen LogP contribution in [0.25, 0.3) is 0 Å². The van der Waals surface area contributed by atoms with Gasteiger partial charge in [-0.05, 0) is 30.7 Å². The molecule has 1 unspecified atom stereocenters. The van der Waals surface area contributed by atoms with E-state index in [4.69, 9.17) is 9.47 Å². The van der Waals surface area contributed by atoms with Crippen LogP contribution in [0.15, 0.2) is 48.5 Å². The molecule has 0 aliphatic carbocycles. The third-order valence-electron chi connectivity index (χ3n) is 5.09. The van der Waals surface area contributed by atoms with Crippen molar-refractivity contribution in [2.24, 2.45) is 0 Å². The second kappa shape index (κ2) is 7.88. The van der Waals surface area contributed by atoms with E-state index in [1.54, 1.807) is 12.1 Å². The largest absolute Gasteiger partial charge is 0.486 e. The zero-order valence-corrected chi connectivity index (χ0v) is 15.2. The Kier molecular flexibility index (Phi) is 5.16. The van der Waals surface area contributed by atoms with Crippen molar-refractivity contribution in [2.45, 2.75) is 12.5 Å². The molecule has 0 saturated carbocycles. The van der Waals surface area contributed by atoms with Crippen molar-refractivity contribution in [3.63, 3.8) is 0 Å². The van der Waals surface area contributed by atoms with Crippen LogP contribution in [0.1, 0.15) is 16.8 Å². The molecule has 1 N–H and O–H groups in total. The highest BCUT2D eigenvalue weighted by atomic mass is 16.6. The highest BCUT2D eigenvalue weighted by Crippen LogP contribution is 2.31. The molecule has 2 aromatic carbocycles. The minimum Gasteiger partial charge on any atom is -0.486 e. The molecule has 2 aliphatic heterocycles. The number of hydrogen-bond donors (Lipinski definition) is 1. The van der Waals surface area contributed by atoms with Gasteiger partial charge in [-0.3, -0.25) is 4.90 Å². The van der Waals surface area contributed by atoms with Crippen LogP contribution in [-0.4, -0.2) is 61.4 Å². The van der Waals surface area contributed by atoms with E-state index in [0.29, 0.717) is 12.2 Å². The first-order valence-corrected chi connectivity index (χ1v) is 9.39. The molecule has 0 radical (unpaired) electrons. The van der Waals surface area contributed by atoms with E-state index in [1.807, 2.05) is 36.4 Å². The number of nitrogens with zero attached hydrogens (tertiary/aromatic N) is 2. The fourth-order valence-corrected chi connectivity index (χ4v) is 3.77. The molecular weight excluding hydrogens is 344 g/mol. The number of carboxylic acid groups (broad SMARTS) is 1. The molecule has 6 heteroatoms. The Bertz CT molecular complexity index is 810. The zero-order valence-electron chi connectivity index (χ0n) is 15.2. The standard InChI is InChI=1S/C21H24N2O4/c24-21(25)17-6-1-2-7-18(17)23-11-5-10-22(12-13-23)14-16-15-26-19-8-3-4-9-20(19)27-16/h1-4,6-9,16H,5,10-15H2,(H,24,25). The molecule has 142 valence electrons. The van der Waals surface area contributed by atoms with Gasteiger partial charge in [0.15, 0.2) is 11.5 Å². The minimum atomic E-state index is -0.877. The third-order valence-corrected chi connectivity index (χ3v) is 5.09. The van der Waals surface area contributed by atoms with Crippen molar-refractivity contribution in [2.75, 3.05) is 44.2 Å². The van der Waals surface area contributed by atoms with Crippen LogP contribution in [0.4, 0.5) is 5.69 Å². The number of carbonyl (C=O) groups is 1. The second-order valence-electron chi connectivity index (χ2n) is 6.96. The first-order chi connectivity index (χ1) is 13.2. The van der Waals surface area contributed by atoms with Crippen molar-refractivity contribution in [1.82, 2.24) is 4.90 Å². The van der Waals surface area contributed by atoms with Crippen molar-refractivity contribution >= 4 is 11.7 Å². The highest BCUT2D eigenvalue weighted by Gasteiger charge is 2.25. The monoisotopic (exact) mass is 368 g/mol. The zero-order chi connectivity index (χ0) is 18.6. The van der Waals surface area contributed by atoms with Crippen molar-refractivity contribution < 1.29 is 19.4 Å². The van der Waals surface area contributed by atoms with Gasteiger partial charge >= 0.3 is 5.97 Å². The summed E-state index contributed by atoms with van der Waals surface area (Å²) in [6, 6.07) is 15.0. The van der Waals surface area contributed by atoms with Gasteiger partial charge in [-0.25, -0.2) is 4.79 Å². The van der Waals surface area contributed by atoms with Gasteiger partial charge in [-0.15, -0.1) is 0 Å². The Morgan fingerprint density at radius 1 is 1.00 bits per heavy atom. The summed E-state index contributed by atoms with van der Waals surface area (Å²) in [6.07, 6.45) is 0.996. The minimum absolute atomic E-state index is 0.0118. The van der Waals surface area contributed by atoms with E-state index in [9.17, 15) is 9.90 Å². The summed E-state index contributed by atoms with van der Waals surface area (Å²) in [6.45, 7) is 4.85. The number of hydrogen-bond acceptors (Lipinski definition) is 5. The summed E-state index contributed by atoms with van der Waals surface area (Å²) in [5.41, 5.74) is 1.17. The maximum Gasteiger partial charge on any atom is 0.337 e. The van der Waals surface area contributed by atoms with Crippen LogP contribution in [0.2, 0.25) is 0 Å². The van der Waals surface area contributed by atoms with E-state index < -0.39 is 5.97 Å². The molecular formula is C21H24N2O4. The quantitative estimate of drug-likeness (QED) is 0.895. The third kappa shape index (κ3) is 4.01. The molecule has 2 heterocycles. The van der Waals surface area contributed by atoms with Gasteiger partial charge < -0.3 is 19.5 Å². The first kappa shape index (κ1) is 17.7. The number of fused-ring (bicyclic) bond motifs is 1. The van der Waals surface area contributed by atoms with Crippen LogP contribution in [0, 0.1) is 0 Å². The van der Waals surface area contributed by atoms with Crippen LogP contribution in [0.3, 0.4) is 0 Å². The van der Waals surface area contributed by atoms with E-state index in [1.165, 1.54) is 0 Å². The molecule has 1 atom stereocenters. The summed E-state index contributed by atoms with van der Waals surface area (Å²) >= 11 is 0. The molecule has 1 fully saturated rings. The molecule has 0 bridgehead atoms. The summed E-state index contributed by atoms with van der Waals surface area (Å²) in [5.74, 6) is 0.736. The van der Waals surface area contributed by atoms with Gasteiger partial charge in [0.25, 0.3) is 0 Å². The second-order valence-corrected chi connectivity index (χ2v) is 6.96. The number of para-hydroxylation sites is 3. The Morgan fingerprint density at radius 2 is 1.78 bits per heavy atom. The Morgan fingerprint density at radius 3 is 2.63 bits per heavy atom. The van der Waals surface area contributed by atoms with Gasteiger partial charge in [0.2, 0.25) is 0 Å². The van der Waals surface area contributed by atoms with Gasteiger partial charge in [-0.2, -0.15) is 0 Å². The number of anilines is 1. The molecule has 0 amide bonds. The number of aromatic carboxylic acids is 1. The Balaban J connectivity index is 1.38. The predicted molar refractivity (Wildman–Crippen MR) is 103 cm³/mol. The van der Waals surface area contributed by atoms with E-state index in [0.717, 1.165) is 56.3 Å². The number of benzene rings is 2. The smallest absolute Gasteiger partial charge is 0.337 e. The average molecular weight is 368 g/mol. The van der Waals surface area contributed by atoms with Crippen LogP contribution >= 0.6 is 0 Å². The highest BCUT2D eigenvalue weighted by molar-refractivity contribution is 5.94. The summed E-state index contributed by atoms with van der Waals surface area (Å²) < 4.78 is 11.9. The summed E-state index contributed by atoms with van der Waals surface area (Å²) in [7, 11) is 0. The maximum atomic E-state index is 11.5. The molecule has 4 rings (SSSR count). The van der Waals surface area contributed by atoms with Gasteiger partial charge in [0.05, 0.1) is 11.3 Å². The van der Waals surface area contributed by atoms with E-state index in [2.05, 4.69) is 9.80 Å². The average Bonchev–Trinajstić information content (AvgIpc) is 2.93. The maximum absolute atomic E-state index is 11.5. The normalized spacial score (nSPS) is 20.1. The fourth-order valence-electron chi connectivity index (χ4n) is 3.77. The lowest BCUT2D eigenvalue weighted by molar-refractivity contribution is 0.0606. The lowest BCUT2D eigenvalue weighted by atomic mass is 10.1. The van der Waals surface area contributed by atoms with Crippen molar-refractivity contribution in [3.8, 4) is 11.5 Å². The van der Waals surface area contributed by atoms with Crippen LogP contribution in [0.5, 0.6) is 11.5 Å². The van der Waals surface area contributed by atoms with E-state index >= 15 is 0 Å².